The molecule has 1 heterocycles. The number of carbonyl (C=O) groups excluding carboxylic acids is 3. The molecule has 0 unspecified atom stereocenters. The molecule has 4 atom stereocenters. The number of ether oxygens (including phenoxy) is 3. The van der Waals surface area contributed by atoms with E-state index in [-0.39, 0.29) is 12.2 Å². The Labute approximate surface area is 159 Å². The van der Waals surface area contributed by atoms with E-state index >= 15 is 0 Å². The van der Waals surface area contributed by atoms with Crippen LogP contribution in [0.3, 0.4) is 0 Å². The van der Waals surface area contributed by atoms with Gasteiger partial charge in [0.1, 0.15) is 6.04 Å². The second kappa shape index (κ2) is 8.99. The smallest absolute Gasteiger partial charge is 0.323 e. The first-order chi connectivity index (χ1) is 12.8. The van der Waals surface area contributed by atoms with Crippen molar-refractivity contribution in [2.75, 3.05) is 7.11 Å². The van der Waals surface area contributed by atoms with Crippen LogP contribution < -0.4 is 5.32 Å². The standard InChI is InChI=1S/C20H27NO6/c1-11(2)26-18(22)14-15(19(23)27-12(3)4)17(20(24)25-5)21-16(14)13-9-7-6-8-10-13/h6-12,14-17,21H,1-5H3/t14-,15-,16-,17-/m0/s1. The number of nitrogens with one attached hydrogen (secondary N) is 1. The van der Waals surface area contributed by atoms with E-state index in [1.165, 1.54) is 7.11 Å². The van der Waals surface area contributed by atoms with Gasteiger partial charge in [0.15, 0.2) is 0 Å². The summed E-state index contributed by atoms with van der Waals surface area (Å²) < 4.78 is 15.6. The van der Waals surface area contributed by atoms with E-state index in [4.69, 9.17) is 14.2 Å². The van der Waals surface area contributed by atoms with Crippen LogP contribution in [0.15, 0.2) is 30.3 Å². The van der Waals surface area contributed by atoms with Gasteiger partial charge in [-0.3, -0.25) is 19.7 Å². The zero-order chi connectivity index (χ0) is 20.1. The summed E-state index contributed by atoms with van der Waals surface area (Å²) >= 11 is 0. The van der Waals surface area contributed by atoms with Gasteiger partial charge in [-0.1, -0.05) is 30.3 Å². The average Bonchev–Trinajstić information content (AvgIpc) is 3.01. The average molecular weight is 377 g/mol. The van der Waals surface area contributed by atoms with Crippen LogP contribution in [0.2, 0.25) is 0 Å². The fourth-order valence-corrected chi connectivity index (χ4v) is 3.31. The number of rotatable bonds is 6. The first kappa shape index (κ1) is 20.9. The first-order valence-corrected chi connectivity index (χ1v) is 9.06. The van der Waals surface area contributed by atoms with Crippen LogP contribution in [0.1, 0.15) is 39.3 Å². The van der Waals surface area contributed by atoms with E-state index in [9.17, 15) is 14.4 Å². The van der Waals surface area contributed by atoms with E-state index in [0.717, 1.165) is 5.56 Å². The Morgan fingerprint density at radius 2 is 1.37 bits per heavy atom. The molecule has 0 amide bonds. The molecule has 1 fully saturated rings. The Bertz CT molecular complexity index is 672. The highest BCUT2D eigenvalue weighted by Crippen LogP contribution is 2.39. The first-order valence-electron chi connectivity index (χ1n) is 9.06. The molecule has 1 N–H and O–H groups in total. The van der Waals surface area contributed by atoms with E-state index in [1.807, 2.05) is 30.3 Å². The summed E-state index contributed by atoms with van der Waals surface area (Å²) in [7, 11) is 1.24. The number of hydrogen-bond donors (Lipinski definition) is 1. The molecule has 0 saturated carbocycles. The monoisotopic (exact) mass is 377 g/mol. The van der Waals surface area contributed by atoms with Gasteiger partial charge in [-0.2, -0.15) is 0 Å². The van der Waals surface area contributed by atoms with Gasteiger partial charge in [0.2, 0.25) is 0 Å². The predicted octanol–water partition coefficient (Wildman–Crippen LogP) is 2.01. The molecule has 1 aliphatic rings. The lowest BCUT2D eigenvalue weighted by Crippen LogP contribution is -2.43. The molecule has 1 aromatic carbocycles. The Morgan fingerprint density at radius 1 is 0.852 bits per heavy atom. The lowest BCUT2D eigenvalue weighted by molar-refractivity contribution is -0.166. The molecule has 2 rings (SSSR count). The molecule has 7 nitrogen and oxygen atoms in total. The largest absolute Gasteiger partial charge is 0.468 e. The number of hydrogen-bond acceptors (Lipinski definition) is 7. The zero-order valence-corrected chi connectivity index (χ0v) is 16.3. The molecule has 7 heteroatoms. The predicted molar refractivity (Wildman–Crippen MR) is 97.6 cm³/mol. The molecule has 1 saturated heterocycles. The van der Waals surface area contributed by atoms with Crippen LogP contribution in [0.25, 0.3) is 0 Å². The molecule has 1 aliphatic heterocycles. The molecule has 0 aliphatic carbocycles. The molecule has 148 valence electrons. The number of esters is 3. The van der Waals surface area contributed by atoms with Crippen molar-refractivity contribution in [3.63, 3.8) is 0 Å². The van der Waals surface area contributed by atoms with Crippen molar-refractivity contribution in [2.45, 2.75) is 52.0 Å². The highest BCUT2D eigenvalue weighted by atomic mass is 16.6. The maximum atomic E-state index is 12.9. The summed E-state index contributed by atoms with van der Waals surface area (Å²) in [5, 5.41) is 3.09. The topological polar surface area (TPSA) is 90.9 Å². The molecule has 1 aromatic rings. The lowest BCUT2D eigenvalue weighted by Gasteiger charge is -2.24. The summed E-state index contributed by atoms with van der Waals surface area (Å²) in [5.74, 6) is -3.76. The highest BCUT2D eigenvalue weighted by Gasteiger charge is 2.55. The summed E-state index contributed by atoms with van der Waals surface area (Å²) in [4.78, 5) is 38.0. The third kappa shape index (κ3) is 4.86. The summed E-state index contributed by atoms with van der Waals surface area (Å²) in [6.07, 6.45) is -0.735. The molecular formula is C20H27NO6. The van der Waals surface area contributed by atoms with Gasteiger partial charge in [-0.05, 0) is 33.3 Å². The van der Waals surface area contributed by atoms with Crippen LogP contribution in [-0.2, 0) is 28.6 Å². The maximum absolute atomic E-state index is 12.9. The second-order valence-electron chi connectivity index (χ2n) is 7.08. The van der Waals surface area contributed by atoms with E-state index in [1.54, 1.807) is 27.7 Å². The van der Waals surface area contributed by atoms with Gasteiger partial charge in [-0.25, -0.2) is 0 Å². The van der Waals surface area contributed by atoms with Gasteiger partial charge >= 0.3 is 17.9 Å². The van der Waals surface area contributed by atoms with Crippen molar-refractivity contribution in [1.82, 2.24) is 5.32 Å². The molecule has 0 aromatic heterocycles. The van der Waals surface area contributed by atoms with Gasteiger partial charge in [0.25, 0.3) is 0 Å². The summed E-state index contributed by atoms with van der Waals surface area (Å²) in [6.45, 7) is 6.89. The van der Waals surface area contributed by atoms with Crippen molar-refractivity contribution in [3.8, 4) is 0 Å². The Hall–Kier alpha value is -2.41. The van der Waals surface area contributed by atoms with Gasteiger partial charge in [-0.15, -0.1) is 0 Å². The van der Waals surface area contributed by atoms with Gasteiger partial charge in [0, 0.05) is 6.04 Å². The normalized spacial score (nSPS) is 24.7. The van der Waals surface area contributed by atoms with E-state index in [0.29, 0.717) is 0 Å². The molecular weight excluding hydrogens is 350 g/mol. The van der Waals surface area contributed by atoms with Crippen LogP contribution in [0, 0.1) is 11.8 Å². The lowest BCUT2D eigenvalue weighted by atomic mass is 9.84. The third-order valence-electron chi connectivity index (χ3n) is 4.33. The summed E-state index contributed by atoms with van der Waals surface area (Å²) in [6, 6.07) is 7.59. The minimum atomic E-state index is -1.05. The number of carbonyl (C=O) groups is 3. The van der Waals surface area contributed by atoms with Crippen molar-refractivity contribution in [3.05, 3.63) is 35.9 Å². The quantitative estimate of drug-likeness (QED) is 0.599. The number of methoxy groups -OCH3 is 1. The van der Waals surface area contributed by atoms with Crippen LogP contribution in [0.5, 0.6) is 0 Å². The number of benzene rings is 1. The van der Waals surface area contributed by atoms with Crippen LogP contribution in [0.4, 0.5) is 0 Å². The Morgan fingerprint density at radius 3 is 1.85 bits per heavy atom. The van der Waals surface area contributed by atoms with Gasteiger partial charge in [0.05, 0.1) is 31.2 Å². The second-order valence-corrected chi connectivity index (χ2v) is 7.08. The molecule has 0 bridgehead atoms. The van der Waals surface area contributed by atoms with Crippen LogP contribution in [-0.4, -0.2) is 43.3 Å². The minimum Gasteiger partial charge on any atom is -0.468 e. The van der Waals surface area contributed by atoms with Gasteiger partial charge < -0.3 is 14.2 Å². The fourth-order valence-electron chi connectivity index (χ4n) is 3.31. The Balaban J connectivity index is 2.48. The SMILES string of the molecule is COC(=O)[C@H]1N[C@@H](c2ccccc2)[C@@H](C(=O)OC(C)C)[C@@H]1C(=O)OC(C)C. The molecule has 27 heavy (non-hydrogen) atoms. The molecule has 0 radical (unpaired) electrons. The van der Waals surface area contributed by atoms with Crippen molar-refractivity contribution in [2.24, 2.45) is 11.8 Å². The summed E-state index contributed by atoms with van der Waals surface area (Å²) in [5.41, 5.74) is 0.775. The van der Waals surface area contributed by atoms with E-state index < -0.39 is 41.8 Å². The zero-order valence-electron chi connectivity index (χ0n) is 16.3. The van der Waals surface area contributed by atoms with Crippen LogP contribution >= 0.6 is 0 Å². The van der Waals surface area contributed by atoms with Crippen molar-refractivity contribution >= 4 is 17.9 Å². The third-order valence-corrected chi connectivity index (χ3v) is 4.33. The van der Waals surface area contributed by atoms with E-state index in [2.05, 4.69) is 5.32 Å². The Kier molecular flexibility index (Phi) is 6.96. The fraction of sp³-hybridized carbons (Fsp3) is 0.550. The van der Waals surface area contributed by atoms with Crippen molar-refractivity contribution < 1.29 is 28.6 Å². The highest BCUT2D eigenvalue weighted by molar-refractivity contribution is 5.91. The maximum Gasteiger partial charge on any atom is 0.323 e. The minimum absolute atomic E-state index is 0.354. The molecule has 0 spiro atoms. The van der Waals surface area contributed by atoms with Crippen molar-refractivity contribution in [1.29, 1.82) is 0 Å².